The van der Waals surface area contributed by atoms with Gasteiger partial charge in [0.05, 0.1) is 0 Å². The third-order valence-electron chi connectivity index (χ3n) is 4.25. The first-order valence-electron chi connectivity index (χ1n) is 6.98. The number of amides is 1. The van der Waals surface area contributed by atoms with Crippen molar-refractivity contribution in [1.82, 2.24) is 4.90 Å². The molecular weight excluding hydrogens is 214 g/mol. The van der Waals surface area contributed by atoms with Crippen molar-refractivity contribution >= 4 is 5.91 Å². The SMILES string of the molecule is NC[C@@H]1CCCCN1C(=O)[C@@H]1CCC[C@@H](N)C1. The highest BCUT2D eigenvalue weighted by Crippen LogP contribution is 2.27. The summed E-state index contributed by atoms with van der Waals surface area (Å²) < 4.78 is 0. The van der Waals surface area contributed by atoms with Gasteiger partial charge in [-0.15, -0.1) is 0 Å². The second kappa shape index (κ2) is 5.83. The van der Waals surface area contributed by atoms with E-state index in [0.29, 0.717) is 12.5 Å². The van der Waals surface area contributed by atoms with Crippen molar-refractivity contribution in [1.29, 1.82) is 0 Å². The number of carbonyl (C=O) groups is 1. The Bertz CT molecular complexity index is 269. The van der Waals surface area contributed by atoms with Crippen LogP contribution in [-0.2, 0) is 4.79 Å². The molecule has 4 N–H and O–H groups in total. The molecule has 0 spiro atoms. The fourth-order valence-electron chi connectivity index (χ4n) is 3.22. The van der Waals surface area contributed by atoms with Gasteiger partial charge < -0.3 is 16.4 Å². The van der Waals surface area contributed by atoms with Crippen molar-refractivity contribution in [2.24, 2.45) is 17.4 Å². The number of nitrogens with two attached hydrogens (primary N) is 2. The van der Waals surface area contributed by atoms with Gasteiger partial charge in [0, 0.05) is 31.1 Å². The van der Waals surface area contributed by atoms with Gasteiger partial charge in [0.15, 0.2) is 0 Å². The van der Waals surface area contributed by atoms with Crippen LogP contribution >= 0.6 is 0 Å². The lowest BCUT2D eigenvalue weighted by atomic mass is 9.84. The van der Waals surface area contributed by atoms with Crippen molar-refractivity contribution in [2.75, 3.05) is 13.1 Å². The number of rotatable bonds is 2. The third kappa shape index (κ3) is 2.99. The predicted octanol–water partition coefficient (Wildman–Crippen LogP) is 0.844. The molecule has 0 aromatic heterocycles. The molecule has 17 heavy (non-hydrogen) atoms. The van der Waals surface area contributed by atoms with E-state index in [1.54, 1.807) is 0 Å². The number of carbonyl (C=O) groups excluding carboxylic acids is 1. The maximum atomic E-state index is 12.5. The van der Waals surface area contributed by atoms with Gasteiger partial charge in [0.1, 0.15) is 0 Å². The number of piperidine rings is 1. The van der Waals surface area contributed by atoms with Gasteiger partial charge in [-0.05, 0) is 38.5 Å². The maximum absolute atomic E-state index is 12.5. The molecule has 3 atom stereocenters. The van der Waals surface area contributed by atoms with Crippen LogP contribution in [0.25, 0.3) is 0 Å². The number of likely N-dealkylation sites (tertiary alicyclic amines) is 1. The Morgan fingerprint density at radius 1 is 1.18 bits per heavy atom. The maximum Gasteiger partial charge on any atom is 0.226 e. The fraction of sp³-hybridized carbons (Fsp3) is 0.923. The van der Waals surface area contributed by atoms with Crippen molar-refractivity contribution in [2.45, 2.75) is 57.0 Å². The van der Waals surface area contributed by atoms with Crippen LogP contribution in [0.3, 0.4) is 0 Å². The first-order valence-corrected chi connectivity index (χ1v) is 6.98. The molecule has 0 radical (unpaired) electrons. The van der Waals surface area contributed by atoms with Gasteiger partial charge in [-0.3, -0.25) is 4.79 Å². The number of nitrogens with zero attached hydrogens (tertiary/aromatic N) is 1. The van der Waals surface area contributed by atoms with Crippen LogP contribution in [0.1, 0.15) is 44.9 Å². The molecule has 1 heterocycles. The average Bonchev–Trinajstić information content (AvgIpc) is 2.38. The highest BCUT2D eigenvalue weighted by molar-refractivity contribution is 5.79. The van der Waals surface area contributed by atoms with Crippen LogP contribution < -0.4 is 11.5 Å². The summed E-state index contributed by atoms with van der Waals surface area (Å²) in [7, 11) is 0. The van der Waals surface area contributed by atoms with Crippen molar-refractivity contribution in [3.8, 4) is 0 Å². The van der Waals surface area contributed by atoms with Gasteiger partial charge >= 0.3 is 0 Å². The lowest BCUT2D eigenvalue weighted by Gasteiger charge is -2.38. The minimum absolute atomic E-state index is 0.158. The van der Waals surface area contributed by atoms with Gasteiger partial charge in [-0.2, -0.15) is 0 Å². The molecule has 4 heteroatoms. The summed E-state index contributed by atoms with van der Waals surface area (Å²) in [6.07, 6.45) is 7.45. The smallest absolute Gasteiger partial charge is 0.226 e. The minimum atomic E-state index is 0.158. The zero-order chi connectivity index (χ0) is 12.3. The molecule has 1 aliphatic carbocycles. The first kappa shape index (κ1) is 12.8. The summed E-state index contributed by atoms with van der Waals surface area (Å²) >= 11 is 0. The summed E-state index contributed by atoms with van der Waals surface area (Å²) in [5.41, 5.74) is 11.7. The van der Waals surface area contributed by atoms with Crippen LogP contribution in [-0.4, -0.2) is 36.0 Å². The fourth-order valence-corrected chi connectivity index (χ4v) is 3.22. The molecule has 2 aliphatic rings. The topological polar surface area (TPSA) is 72.3 Å². The average molecular weight is 239 g/mol. The Labute approximate surface area is 104 Å². The van der Waals surface area contributed by atoms with E-state index in [1.165, 1.54) is 6.42 Å². The van der Waals surface area contributed by atoms with E-state index < -0.39 is 0 Å². The van der Waals surface area contributed by atoms with E-state index in [4.69, 9.17) is 11.5 Å². The Morgan fingerprint density at radius 3 is 2.71 bits per heavy atom. The third-order valence-corrected chi connectivity index (χ3v) is 4.25. The molecule has 1 saturated carbocycles. The zero-order valence-electron chi connectivity index (χ0n) is 10.6. The van der Waals surface area contributed by atoms with Gasteiger partial charge in [-0.25, -0.2) is 0 Å². The summed E-state index contributed by atoms with van der Waals surface area (Å²) in [5.74, 6) is 0.473. The Morgan fingerprint density at radius 2 is 2.00 bits per heavy atom. The molecule has 1 saturated heterocycles. The largest absolute Gasteiger partial charge is 0.338 e. The molecule has 2 fully saturated rings. The Hall–Kier alpha value is -0.610. The lowest BCUT2D eigenvalue weighted by Crippen LogP contribution is -2.50. The molecule has 2 rings (SSSR count). The summed E-state index contributed by atoms with van der Waals surface area (Å²) in [6, 6.07) is 0.494. The second-order valence-electron chi connectivity index (χ2n) is 5.54. The molecule has 4 nitrogen and oxygen atoms in total. The van der Waals surface area contributed by atoms with Crippen LogP contribution in [0.2, 0.25) is 0 Å². The molecule has 98 valence electrons. The molecule has 0 bridgehead atoms. The second-order valence-corrected chi connectivity index (χ2v) is 5.54. The normalized spacial score (nSPS) is 34.7. The quantitative estimate of drug-likeness (QED) is 0.750. The minimum Gasteiger partial charge on any atom is -0.338 e. The van der Waals surface area contributed by atoms with E-state index >= 15 is 0 Å². The zero-order valence-corrected chi connectivity index (χ0v) is 10.6. The molecule has 1 aliphatic heterocycles. The molecule has 1 amide bonds. The van der Waals surface area contributed by atoms with Gasteiger partial charge in [0.2, 0.25) is 5.91 Å². The Balaban J connectivity index is 1.97. The summed E-state index contributed by atoms with van der Waals surface area (Å²) in [5, 5.41) is 0. The van der Waals surface area contributed by atoms with E-state index in [2.05, 4.69) is 0 Å². The monoisotopic (exact) mass is 239 g/mol. The van der Waals surface area contributed by atoms with E-state index in [1.807, 2.05) is 4.90 Å². The molecule has 0 unspecified atom stereocenters. The molecule has 0 aromatic carbocycles. The highest BCUT2D eigenvalue weighted by atomic mass is 16.2. The van der Waals surface area contributed by atoms with Crippen LogP contribution in [0, 0.1) is 5.92 Å². The summed E-state index contributed by atoms with van der Waals surface area (Å²) in [6.45, 7) is 1.50. The van der Waals surface area contributed by atoms with Crippen molar-refractivity contribution in [3.05, 3.63) is 0 Å². The van der Waals surface area contributed by atoms with Crippen LogP contribution in [0.4, 0.5) is 0 Å². The van der Waals surface area contributed by atoms with Crippen molar-refractivity contribution < 1.29 is 4.79 Å². The predicted molar refractivity (Wildman–Crippen MR) is 68.3 cm³/mol. The van der Waals surface area contributed by atoms with E-state index in [9.17, 15) is 4.79 Å². The van der Waals surface area contributed by atoms with E-state index in [-0.39, 0.29) is 18.0 Å². The Kier molecular flexibility index (Phi) is 4.40. The molecular formula is C13H25N3O. The number of hydrogen-bond donors (Lipinski definition) is 2. The standard InChI is InChI=1S/C13H25N3O/c14-9-12-6-1-2-7-16(12)13(17)10-4-3-5-11(15)8-10/h10-12H,1-9,14-15H2/t10-,11-,12+/m1/s1. The lowest BCUT2D eigenvalue weighted by molar-refractivity contribution is -0.140. The van der Waals surface area contributed by atoms with Crippen LogP contribution in [0.5, 0.6) is 0 Å². The first-order chi connectivity index (χ1) is 8.22. The van der Waals surface area contributed by atoms with E-state index in [0.717, 1.165) is 45.1 Å². The van der Waals surface area contributed by atoms with Crippen LogP contribution in [0.15, 0.2) is 0 Å². The molecule has 0 aromatic rings. The van der Waals surface area contributed by atoms with Crippen molar-refractivity contribution in [3.63, 3.8) is 0 Å². The summed E-state index contributed by atoms with van der Waals surface area (Å²) in [4.78, 5) is 14.5. The van der Waals surface area contributed by atoms with Gasteiger partial charge in [-0.1, -0.05) is 6.42 Å². The highest BCUT2D eigenvalue weighted by Gasteiger charge is 2.33. The number of hydrogen-bond acceptors (Lipinski definition) is 3. The van der Waals surface area contributed by atoms with Gasteiger partial charge in [0.25, 0.3) is 0 Å².